The molecule has 9 heteroatoms. The van der Waals surface area contributed by atoms with E-state index in [4.69, 9.17) is 16.9 Å². The second-order valence-electron chi connectivity index (χ2n) is 9.94. The van der Waals surface area contributed by atoms with Gasteiger partial charge in [-0.3, -0.25) is 4.57 Å². The maximum absolute atomic E-state index is 9.30. The third kappa shape index (κ3) is 4.29. The molecule has 37 heavy (non-hydrogen) atoms. The molecule has 0 aliphatic carbocycles. The Bertz CT molecular complexity index is 1480. The first kappa shape index (κ1) is 23.7. The van der Waals surface area contributed by atoms with Crippen molar-refractivity contribution in [3.63, 3.8) is 0 Å². The number of aliphatic hydroxyl groups is 1. The van der Waals surface area contributed by atoms with Crippen molar-refractivity contribution in [3.8, 4) is 34.4 Å². The van der Waals surface area contributed by atoms with Crippen LogP contribution in [0.1, 0.15) is 24.5 Å². The number of benzene rings is 2. The molecule has 0 unspecified atom stereocenters. The van der Waals surface area contributed by atoms with Crippen LogP contribution in [0, 0.1) is 17.2 Å². The predicted molar refractivity (Wildman–Crippen MR) is 144 cm³/mol. The highest BCUT2D eigenvalue weighted by atomic mass is 35.5. The summed E-state index contributed by atoms with van der Waals surface area (Å²) in [4.78, 5) is 2.44. The third-order valence-corrected chi connectivity index (χ3v) is 7.87. The molecule has 1 fully saturated rings. The van der Waals surface area contributed by atoms with Gasteiger partial charge in [-0.15, -0.1) is 10.2 Å². The second kappa shape index (κ2) is 9.67. The van der Waals surface area contributed by atoms with Crippen LogP contribution in [0.3, 0.4) is 0 Å². The number of hydrogen-bond donors (Lipinski definition) is 2. The molecular weight excluding hydrogens is 486 g/mol. The minimum absolute atomic E-state index is 0.120. The van der Waals surface area contributed by atoms with Gasteiger partial charge in [0.25, 0.3) is 0 Å². The molecule has 2 aromatic heterocycles. The molecule has 8 nitrogen and oxygen atoms in total. The van der Waals surface area contributed by atoms with E-state index in [1.54, 1.807) is 6.33 Å². The second-order valence-corrected chi connectivity index (χ2v) is 10.3. The van der Waals surface area contributed by atoms with Gasteiger partial charge in [0.15, 0.2) is 5.82 Å². The molecule has 0 saturated carbocycles. The van der Waals surface area contributed by atoms with Crippen molar-refractivity contribution >= 4 is 17.3 Å². The number of rotatable bonds is 6. The average molecular weight is 514 g/mol. The van der Waals surface area contributed by atoms with Crippen molar-refractivity contribution in [2.45, 2.75) is 25.9 Å². The highest BCUT2D eigenvalue weighted by Crippen LogP contribution is 2.40. The molecule has 188 valence electrons. The molecule has 2 aliphatic heterocycles. The summed E-state index contributed by atoms with van der Waals surface area (Å²) in [5, 5.41) is 31.2. The van der Waals surface area contributed by atoms with Crippen LogP contribution in [0.5, 0.6) is 0 Å². The zero-order valence-electron chi connectivity index (χ0n) is 20.6. The van der Waals surface area contributed by atoms with Gasteiger partial charge in [-0.05, 0) is 66.8 Å². The Labute approximate surface area is 220 Å². The van der Waals surface area contributed by atoms with E-state index in [1.165, 1.54) is 5.69 Å². The molecule has 6 rings (SSSR count). The van der Waals surface area contributed by atoms with E-state index in [2.05, 4.69) is 55.3 Å². The molecule has 2 aromatic carbocycles. The quantitative estimate of drug-likeness (QED) is 0.355. The van der Waals surface area contributed by atoms with E-state index in [1.807, 2.05) is 35.8 Å². The molecule has 2 N–H and O–H groups in total. The number of halogens is 1. The van der Waals surface area contributed by atoms with Gasteiger partial charge >= 0.3 is 0 Å². The zero-order valence-corrected chi connectivity index (χ0v) is 21.4. The number of fused-ring (bicyclic) bond motifs is 5. The molecule has 0 spiro atoms. The van der Waals surface area contributed by atoms with Crippen LogP contribution in [0.25, 0.3) is 28.3 Å². The van der Waals surface area contributed by atoms with E-state index in [-0.39, 0.29) is 12.6 Å². The minimum Gasteiger partial charge on any atom is -0.395 e. The Morgan fingerprint density at radius 3 is 2.84 bits per heavy atom. The molecule has 4 heterocycles. The summed E-state index contributed by atoms with van der Waals surface area (Å²) in [6.07, 6.45) is 2.88. The Hall–Kier alpha value is -3.64. The molecule has 1 saturated heterocycles. The molecular formula is C28H28ClN7O. The Morgan fingerprint density at radius 2 is 2.05 bits per heavy atom. The largest absolute Gasteiger partial charge is 0.395 e. The van der Waals surface area contributed by atoms with Crippen LogP contribution >= 0.6 is 11.6 Å². The van der Waals surface area contributed by atoms with Crippen LogP contribution in [0.2, 0.25) is 5.15 Å². The van der Waals surface area contributed by atoms with Crippen molar-refractivity contribution in [2.75, 3.05) is 31.1 Å². The summed E-state index contributed by atoms with van der Waals surface area (Å²) in [6.45, 7) is 5.68. The van der Waals surface area contributed by atoms with Gasteiger partial charge in [-0.1, -0.05) is 23.7 Å². The van der Waals surface area contributed by atoms with Gasteiger partial charge in [0.2, 0.25) is 0 Å². The smallest absolute Gasteiger partial charge is 0.185 e. The first-order valence-electron chi connectivity index (χ1n) is 12.6. The molecule has 4 aromatic rings. The lowest BCUT2D eigenvalue weighted by Gasteiger charge is -2.21. The van der Waals surface area contributed by atoms with Gasteiger partial charge < -0.3 is 19.9 Å². The first-order valence-corrected chi connectivity index (χ1v) is 13.0. The standard InChI is InChI=1S/C28H28ClN7O/c1-18(16-37)31-13-20-8-9-34(14-20)23-6-7-25-22(10-23)15-35-26(28-33-32-17-36(25)28)11-24(27(35)29)21-4-2-19(12-30)3-5-21/h2-7,10-11,17-18,20,31,37H,8-9,13-16H2,1H3/t18-,20+/m1/s1. The highest BCUT2D eigenvalue weighted by molar-refractivity contribution is 6.32. The lowest BCUT2D eigenvalue weighted by Crippen LogP contribution is -2.34. The van der Waals surface area contributed by atoms with Crippen LogP contribution in [0.4, 0.5) is 5.69 Å². The SMILES string of the molecule is C[C@H](CO)NC[C@@H]1CCN(c2ccc3c(c2)Cn2c(cc(-c4ccc(C#N)cc4)c2Cl)-c2nncn2-3)C1. The fourth-order valence-corrected chi connectivity index (χ4v) is 5.66. The highest BCUT2D eigenvalue weighted by Gasteiger charge is 2.27. The van der Waals surface area contributed by atoms with Crippen LogP contribution in [-0.2, 0) is 6.54 Å². The molecule has 2 aliphatic rings. The molecule has 0 bridgehead atoms. The van der Waals surface area contributed by atoms with Crippen molar-refractivity contribution in [2.24, 2.45) is 5.92 Å². The minimum atomic E-state index is 0.120. The summed E-state index contributed by atoms with van der Waals surface area (Å²) in [6, 6.07) is 18.4. The van der Waals surface area contributed by atoms with Gasteiger partial charge in [0, 0.05) is 36.9 Å². The van der Waals surface area contributed by atoms with E-state index in [0.717, 1.165) is 60.0 Å². The van der Waals surface area contributed by atoms with Gasteiger partial charge in [-0.25, -0.2) is 0 Å². The fourth-order valence-electron chi connectivity index (χ4n) is 5.34. The van der Waals surface area contributed by atoms with Crippen molar-refractivity contribution in [3.05, 3.63) is 71.1 Å². The average Bonchev–Trinajstić information content (AvgIpc) is 3.66. The normalized spacial score (nSPS) is 17.0. The van der Waals surface area contributed by atoms with E-state index in [9.17, 15) is 5.11 Å². The third-order valence-electron chi connectivity index (χ3n) is 7.46. The number of nitrogens with one attached hydrogen (secondary N) is 1. The monoisotopic (exact) mass is 513 g/mol. The number of aromatic nitrogens is 4. The Morgan fingerprint density at radius 1 is 1.22 bits per heavy atom. The lowest BCUT2D eigenvalue weighted by atomic mass is 10.1. The van der Waals surface area contributed by atoms with Crippen molar-refractivity contribution < 1.29 is 5.11 Å². The van der Waals surface area contributed by atoms with Crippen LogP contribution in [-0.4, -0.2) is 56.7 Å². The molecule has 0 radical (unpaired) electrons. The Kier molecular flexibility index (Phi) is 6.21. The predicted octanol–water partition coefficient (Wildman–Crippen LogP) is 4.09. The maximum Gasteiger partial charge on any atom is 0.185 e. The number of anilines is 1. The van der Waals surface area contributed by atoms with Gasteiger partial charge in [-0.2, -0.15) is 5.26 Å². The van der Waals surface area contributed by atoms with Gasteiger partial charge in [0.1, 0.15) is 11.5 Å². The zero-order chi connectivity index (χ0) is 25.5. The number of nitriles is 1. The van der Waals surface area contributed by atoms with Gasteiger partial charge in [0.05, 0.1) is 36.2 Å². The maximum atomic E-state index is 9.30. The summed E-state index contributed by atoms with van der Waals surface area (Å²) >= 11 is 6.99. The molecule has 2 atom stereocenters. The summed E-state index contributed by atoms with van der Waals surface area (Å²) in [5.41, 5.74) is 6.79. The first-order chi connectivity index (χ1) is 18.1. The number of nitrogens with zero attached hydrogens (tertiary/aromatic N) is 6. The number of aliphatic hydroxyl groups excluding tert-OH is 1. The Balaban J connectivity index is 1.33. The molecule has 0 amide bonds. The topological polar surface area (TPSA) is 94.9 Å². The summed E-state index contributed by atoms with van der Waals surface area (Å²) in [5.74, 6) is 1.30. The summed E-state index contributed by atoms with van der Waals surface area (Å²) < 4.78 is 4.13. The van der Waals surface area contributed by atoms with E-state index in [0.29, 0.717) is 23.2 Å². The van der Waals surface area contributed by atoms with Crippen molar-refractivity contribution in [1.29, 1.82) is 5.26 Å². The van der Waals surface area contributed by atoms with Crippen LogP contribution < -0.4 is 10.2 Å². The fraction of sp³-hybridized carbons (Fsp3) is 0.321. The number of hydrogen-bond acceptors (Lipinski definition) is 6. The van der Waals surface area contributed by atoms with E-state index < -0.39 is 0 Å². The lowest BCUT2D eigenvalue weighted by molar-refractivity contribution is 0.247. The summed E-state index contributed by atoms with van der Waals surface area (Å²) in [7, 11) is 0. The van der Waals surface area contributed by atoms with Crippen LogP contribution in [0.15, 0.2) is 54.9 Å². The van der Waals surface area contributed by atoms with E-state index >= 15 is 0 Å². The van der Waals surface area contributed by atoms with Crippen molar-refractivity contribution in [1.82, 2.24) is 24.6 Å².